The van der Waals surface area contributed by atoms with Gasteiger partial charge < -0.3 is 10.1 Å². The number of carbonyl (C=O) groups is 1. The van der Waals surface area contributed by atoms with Crippen LogP contribution in [0.2, 0.25) is 0 Å². The Kier molecular flexibility index (Phi) is 3.59. The van der Waals surface area contributed by atoms with Gasteiger partial charge in [0.05, 0.1) is 18.2 Å². The van der Waals surface area contributed by atoms with E-state index in [0.29, 0.717) is 25.4 Å². The molecule has 1 fully saturated rings. The van der Waals surface area contributed by atoms with E-state index in [0.717, 1.165) is 0 Å². The van der Waals surface area contributed by atoms with Crippen LogP contribution in [0.1, 0.15) is 33.6 Å². The normalized spacial score (nSPS) is 29.1. The molecule has 1 N–H and O–H groups in total. The van der Waals surface area contributed by atoms with Crippen molar-refractivity contribution in [1.82, 2.24) is 5.32 Å². The fourth-order valence-electron chi connectivity index (χ4n) is 2.28. The molecule has 0 aliphatic heterocycles. The molecule has 4 heteroatoms. The average molecular weight is 224 g/mol. The Labute approximate surface area is 97.0 Å². The fraction of sp³-hybridized carbons (Fsp3) is 0.833. The monoisotopic (exact) mass is 224 g/mol. The third-order valence-electron chi connectivity index (χ3n) is 3.00. The Morgan fingerprint density at radius 3 is 2.56 bits per heavy atom. The summed E-state index contributed by atoms with van der Waals surface area (Å²) in [6, 6.07) is 2.16. The lowest BCUT2D eigenvalue weighted by Gasteiger charge is -2.41. The second-order valence-corrected chi connectivity index (χ2v) is 5.48. The largest absolute Gasteiger partial charge is 0.382 e. The number of methoxy groups -OCH3 is 1. The molecule has 0 aromatic rings. The number of nitrogens with zero attached hydrogens (tertiary/aromatic N) is 1. The van der Waals surface area contributed by atoms with Gasteiger partial charge in [0.1, 0.15) is 5.41 Å². The van der Waals surface area contributed by atoms with Gasteiger partial charge >= 0.3 is 0 Å². The van der Waals surface area contributed by atoms with Gasteiger partial charge in [0, 0.05) is 7.11 Å². The zero-order valence-electron chi connectivity index (χ0n) is 10.5. The number of nitrogens with one attached hydrogen (secondary N) is 1. The van der Waals surface area contributed by atoms with Gasteiger partial charge in [-0.1, -0.05) is 6.92 Å². The SMILES string of the molecule is COCC(C)(C)NC(=O)C1(C#N)CC(C)C1. The van der Waals surface area contributed by atoms with Crippen LogP contribution in [0, 0.1) is 22.7 Å². The summed E-state index contributed by atoms with van der Waals surface area (Å²) in [6.07, 6.45) is 1.33. The van der Waals surface area contributed by atoms with Crippen molar-refractivity contribution in [3.8, 4) is 6.07 Å². The molecule has 16 heavy (non-hydrogen) atoms. The highest BCUT2D eigenvalue weighted by atomic mass is 16.5. The van der Waals surface area contributed by atoms with Gasteiger partial charge in [-0.25, -0.2) is 0 Å². The van der Waals surface area contributed by atoms with Crippen molar-refractivity contribution in [3.63, 3.8) is 0 Å². The summed E-state index contributed by atoms with van der Waals surface area (Å²) < 4.78 is 5.03. The van der Waals surface area contributed by atoms with Crippen LogP contribution in [0.15, 0.2) is 0 Å². The summed E-state index contributed by atoms with van der Waals surface area (Å²) in [7, 11) is 1.60. The number of hydrogen-bond donors (Lipinski definition) is 1. The minimum atomic E-state index is -0.801. The lowest BCUT2D eigenvalue weighted by atomic mass is 9.63. The van der Waals surface area contributed by atoms with Gasteiger partial charge in [-0.2, -0.15) is 5.26 Å². The van der Waals surface area contributed by atoms with E-state index in [-0.39, 0.29) is 5.91 Å². The van der Waals surface area contributed by atoms with Crippen LogP contribution in [0.4, 0.5) is 0 Å². The van der Waals surface area contributed by atoms with E-state index in [9.17, 15) is 4.79 Å². The second-order valence-electron chi connectivity index (χ2n) is 5.48. The number of hydrogen-bond acceptors (Lipinski definition) is 3. The first-order chi connectivity index (χ1) is 7.35. The standard InChI is InChI=1S/C12H20N2O2/c1-9-5-12(6-9,7-13)10(15)14-11(2,3)8-16-4/h9H,5-6,8H2,1-4H3,(H,14,15). The van der Waals surface area contributed by atoms with E-state index in [1.807, 2.05) is 13.8 Å². The van der Waals surface area contributed by atoms with Crippen molar-refractivity contribution in [2.75, 3.05) is 13.7 Å². The lowest BCUT2D eigenvalue weighted by molar-refractivity contribution is -0.136. The first kappa shape index (κ1) is 13.0. The van der Waals surface area contributed by atoms with Gasteiger partial charge in [-0.15, -0.1) is 0 Å². The molecule has 90 valence electrons. The highest BCUT2D eigenvalue weighted by Gasteiger charge is 2.49. The summed E-state index contributed by atoms with van der Waals surface area (Å²) >= 11 is 0. The zero-order valence-corrected chi connectivity index (χ0v) is 10.5. The Morgan fingerprint density at radius 2 is 2.19 bits per heavy atom. The molecular weight excluding hydrogens is 204 g/mol. The molecular formula is C12H20N2O2. The highest BCUT2D eigenvalue weighted by Crippen LogP contribution is 2.45. The van der Waals surface area contributed by atoms with Crippen molar-refractivity contribution >= 4 is 5.91 Å². The number of nitriles is 1. The molecule has 0 saturated heterocycles. The van der Waals surface area contributed by atoms with Crippen LogP contribution < -0.4 is 5.32 Å². The van der Waals surface area contributed by atoms with E-state index in [1.165, 1.54) is 0 Å². The maximum atomic E-state index is 12.0. The van der Waals surface area contributed by atoms with E-state index in [4.69, 9.17) is 10.00 Å². The number of carbonyl (C=O) groups excluding carboxylic acids is 1. The van der Waals surface area contributed by atoms with Crippen LogP contribution >= 0.6 is 0 Å². The van der Waals surface area contributed by atoms with Crippen LogP contribution in [0.25, 0.3) is 0 Å². The third kappa shape index (κ3) is 2.53. The van der Waals surface area contributed by atoms with Crippen LogP contribution in [-0.2, 0) is 9.53 Å². The predicted molar refractivity (Wildman–Crippen MR) is 60.5 cm³/mol. The molecule has 1 aliphatic carbocycles. The van der Waals surface area contributed by atoms with Crippen molar-refractivity contribution in [1.29, 1.82) is 5.26 Å². The topological polar surface area (TPSA) is 62.1 Å². The number of rotatable bonds is 4. The number of ether oxygens (including phenoxy) is 1. The molecule has 1 rings (SSSR count). The molecule has 0 bridgehead atoms. The summed E-state index contributed by atoms with van der Waals surface area (Å²) in [5.41, 5.74) is -1.22. The smallest absolute Gasteiger partial charge is 0.240 e. The van der Waals surface area contributed by atoms with Crippen molar-refractivity contribution in [3.05, 3.63) is 0 Å². The van der Waals surface area contributed by atoms with Gasteiger partial charge in [0.25, 0.3) is 0 Å². The maximum Gasteiger partial charge on any atom is 0.240 e. The second kappa shape index (κ2) is 4.42. The maximum absolute atomic E-state index is 12.0. The van der Waals surface area contributed by atoms with E-state index >= 15 is 0 Å². The van der Waals surface area contributed by atoms with Crippen molar-refractivity contribution in [2.45, 2.75) is 39.2 Å². The van der Waals surface area contributed by atoms with Crippen LogP contribution in [0.3, 0.4) is 0 Å². The first-order valence-corrected chi connectivity index (χ1v) is 5.58. The first-order valence-electron chi connectivity index (χ1n) is 5.58. The van der Waals surface area contributed by atoms with Gasteiger partial charge in [-0.05, 0) is 32.6 Å². The molecule has 0 radical (unpaired) electrons. The van der Waals surface area contributed by atoms with Crippen LogP contribution in [0.5, 0.6) is 0 Å². The molecule has 0 atom stereocenters. The molecule has 0 spiro atoms. The highest BCUT2D eigenvalue weighted by molar-refractivity contribution is 5.87. The molecule has 0 aromatic heterocycles. The Bertz CT molecular complexity index is 311. The quantitative estimate of drug-likeness (QED) is 0.786. The Morgan fingerprint density at radius 1 is 1.62 bits per heavy atom. The van der Waals surface area contributed by atoms with E-state index in [2.05, 4.69) is 18.3 Å². The van der Waals surface area contributed by atoms with Gasteiger partial charge in [0.15, 0.2) is 0 Å². The van der Waals surface area contributed by atoms with Gasteiger partial charge in [0.2, 0.25) is 5.91 Å². The molecule has 0 heterocycles. The van der Waals surface area contributed by atoms with E-state index < -0.39 is 11.0 Å². The zero-order chi connectivity index (χ0) is 12.4. The fourth-order valence-corrected chi connectivity index (χ4v) is 2.28. The molecule has 1 saturated carbocycles. The summed E-state index contributed by atoms with van der Waals surface area (Å²) in [5, 5.41) is 12.0. The minimum Gasteiger partial charge on any atom is -0.382 e. The Hall–Kier alpha value is -1.08. The van der Waals surface area contributed by atoms with Crippen LogP contribution in [-0.4, -0.2) is 25.2 Å². The van der Waals surface area contributed by atoms with Crippen molar-refractivity contribution in [2.24, 2.45) is 11.3 Å². The van der Waals surface area contributed by atoms with E-state index in [1.54, 1.807) is 7.11 Å². The summed E-state index contributed by atoms with van der Waals surface area (Å²) in [4.78, 5) is 12.0. The third-order valence-corrected chi connectivity index (χ3v) is 3.00. The minimum absolute atomic E-state index is 0.157. The summed E-state index contributed by atoms with van der Waals surface area (Å²) in [5.74, 6) is 0.311. The number of amides is 1. The lowest BCUT2D eigenvalue weighted by Crippen LogP contribution is -2.55. The predicted octanol–water partition coefficient (Wildman–Crippen LogP) is 1.47. The summed E-state index contributed by atoms with van der Waals surface area (Å²) in [6.45, 7) is 6.28. The average Bonchev–Trinajstić information content (AvgIpc) is 2.11. The van der Waals surface area contributed by atoms with Crippen molar-refractivity contribution < 1.29 is 9.53 Å². The molecule has 0 unspecified atom stereocenters. The molecule has 0 aromatic carbocycles. The molecule has 4 nitrogen and oxygen atoms in total. The Balaban J connectivity index is 2.62. The molecule has 1 amide bonds. The molecule has 1 aliphatic rings. The van der Waals surface area contributed by atoms with Gasteiger partial charge in [-0.3, -0.25) is 4.79 Å².